The summed E-state index contributed by atoms with van der Waals surface area (Å²) in [7, 11) is 0. The lowest BCUT2D eigenvalue weighted by atomic mass is 9.71. The Hall–Kier alpha value is -2.22. The van der Waals surface area contributed by atoms with Crippen molar-refractivity contribution in [3.05, 3.63) is 25.3 Å². The maximum atomic E-state index is 12.1. The molecule has 6 aliphatic heterocycles. The van der Waals surface area contributed by atoms with Crippen LogP contribution >= 0.6 is 11.6 Å². The van der Waals surface area contributed by atoms with E-state index in [0.717, 1.165) is 59.5 Å². The lowest BCUT2D eigenvalue weighted by Gasteiger charge is -2.36. The third kappa shape index (κ3) is 21.1. The molecule has 0 saturated carbocycles. The first-order valence-electron chi connectivity index (χ1n) is 30.6. The van der Waals surface area contributed by atoms with E-state index in [-0.39, 0.29) is 32.0 Å². The lowest BCUT2D eigenvalue weighted by molar-refractivity contribution is -0.242. The van der Waals surface area contributed by atoms with Crippen molar-refractivity contribution in [2.24, 2.45) is 47.3 Å². The molecule has 0 radical (unpaired) electrons. The molecular formula is C63H109ClO16. The molecule has 6 heterocycles. The smallest absolute Gasteiger partial charge is 0.330 e. The van der Waals surface area contributed by atoms with E-state index in [1.54, 1.807) is 27.7 Å². The van der Waals surface area contributed by atoms with E-state index in [2.05, 4.69) is 82.4 Å². The number of halogens is 1. The Morgan fingerprint density at radius 1 is 0.512 bits per heavy atom. The monoisotopic (exact) mass is 1160 g/mol. The lowest BCUT2D eigenvalue weighted by Crippen LogP contribution is -2.56. The van der Waals surface area contributed by atoms with Gasteiger partial charge in [-0.2, -0.15) is 0 Å². The molecule has 6 saturated heterocycles. The fraction of sp³-hybridized carbons (Fsp3) is 0.889. The van der Waals surface area contributed by atoms with Gasteiger partial charge in [-0.15, -0.1) is 11.6 Å². The average molecular weight is 1160 g/mol. The van der Waals surface area contributed by atoms with Crippen LogP contribution in [0.15, 0.2) is 25.3 Å². The van der Waals surface area contributed by atoms with Crippen molar-refractivity contribution in [2.75, 3.05) is 19.8 Å². The summed E-state index contributed by atoms with van der Waals surface area (Å²) in [6.07, 6.45) is 14.0. The molecule has 0 aromatic rings. The van der Waals surface area contributed by atoms with Crippen molar-refractivity contribution in [1.82, 2.24) is 0 Å². The van der Waals surface area contributed by atoms with E-state index >= 15 is 0 Å². The van der Waals surface area contributed by atoms with Crippen LogP contribution in [0.2, 0.25) is 0 Å². The molecule has 16 nitrogen and oxygen atoms in total. The van der Waals surface area contributed by atoms with Crippen molar-refractivity contribution in [3.8, 4) is 0 Å². The van der Waals surface area contributed by atoms with E-state index in [1.165, 1.54) is 77.0 Å². The van der Waals surface area contributed by atoms with E-state index < -0.39 is 95.6 Å². The van der Waals surface area contributed by atoms with Crippen LogP contribution in [0.5, 0.6) is 0 Å². The van der Waals surface area contributed by atoms with Crippen molar-refractivity contribution in [3.63, 3.8) is 0 Å². The molecular weight excluding hydrogens is 1050 g/mol. The van der Waals surface area contributed by atoms with Gasteiger partial charge in [0, 0.05) is 12.2 Å². The highest BCUT2D eigenvalue weighted by Crippen LogP contribution is 2.46. The summed E-state index contributed by atoms with van der Waals surface area (Å²) in [5.74, 6) is 2.09. The Kier molecular flexibility index (Phi) is 27.9. The van der Waals surface area contributed by atoms with E-state index in [9.17, 15) is 14.4 Å². The third-order valence-electron chi connectivity index (χ3n) is 17.1. The number of fused-ring (bicyclic) bond motifs is 6. The molecule has 80 heavy (non-hydrogen) atoms. The van der Waals surface area contributed by atoms with Gasteiger partial charge in [0.2, 0.25) is 0 Å². The maximum Gasteiger partial charge on any atom is 0.330 e. The van der Waals surface area contributed by atoms with Crippen LogP contribution in [0.1, 0.15) is 202 Å². The first kappa shape index (κ1) is 70.3. The van der Waals surface area contributed by atoms with Gasteiger partial charge in [-0.05, 0) is 122 Å². The fourth-order valence-corrected chi connectivity index (χ4v) is 12.8. The molecule has 0 aromatic carbocycles. The zero-order valence-corrected chi connectivity index (χ0v) is 53.3. The van der Waals surface area contributed by atoms with E-state index in [1.807, 2.05) is 27.7 Å². The summed E-state index contributed by atoms with van der Waals surface area (Å²) < 4.78 is 74.0. The number of hydrogen-bond donors (Lipinski definition) is 0. The van der Waals surface area contributed by atoms with E-state index in [4.69, 9.17) is 73.2 Å². The highest BCUT2D eigenvalue weighted by atomic mass is 35.5. The molecule has 0 bridgehead atoms. The van der Waals surface area contributed by atoms with Gasteiger partial charge in [0.15, 0.2) is 41.1 Å². The SMILES string of the molecule is C=CC(=O)OCC(Cl)C(=O)OCC1OC2OC(C)(C)OC2C2OC(C)(C)OC12.C=CC(=O)OCC1OC2OC(C)(C)OC2C2OC(C)(C)OC12.CCCC(CCCC(C)CC(C)C(CC(C)C(CC)CC)C(C)CC)CC(C)CC. The molecule has 18 unspecified atom stereocenters. The summed E-state index contributed by atoms with van der Waals surface area (Å²) in [6.45, 7) is 45.2. The van der Waals surface area contributed by atoms with E-state index in [0.29, 0.717) is 0 Å². The zero-order valence-electron chi connectivity index (χ0n) is 52.6. The summed E-state index contributed by atoms with van der Waals surface area (Å²) >= 11 is 5.91. The number of rotatable bonds is 28. The van der Waals surface area contributed by atoms with Crippen LogP contribution in [0.25, 0.3) is 0 Å². The van der Waals surface area contributed by atoms with Gasteiger partial charge < -0.3 is 61.6 Å². The highest BCUT2D eigenvalue weighted by molar-refractivity contribution is 6.30. The van der Waals surface area contributed by atoms with Crippen LogP contribution in [-0.4, -0.2) is 128 Å². The largest absolute Gasteiger partial charge is 0.462 e. The van der Waals surface area contributed by atoms with Gasteiger partial charge in [0.25, 0.3) is 0 Å². The van der Waals surface area contributed by atoms with Crippen molar-refractivity contribution in [2.45, 2.75) is 292 Å². The molecule has 17 heteroatoms. The maximum absolute atomic E-state index is 12.1. The summed E-state index contributed by atoms with van der Waals surface area (Å²) in [5.41, 5.74) is 0. The molecule has 6 rings (SSSR count). The highest BCUT2D eigenvalue weighted by Gasteiger charge is 2.62. The normalized spacial score (nSPS) is 31.3. The Morgan fingerprint density at radius 3 is 1.44 bits per heavy atom. The van der Waals surface area contributed by atoms with Crippen molar-refractivity contribution >= 4 is 29.5 Å². The van der Waals surface area contributed by atoms with Gasteiger partial charge in [0.1, 0.15) is 68.7 Å². The number of alkyl halides is 1. The minimum absolute atomic E-state index is 0.0401. The van der Waals surface area contributed by atoms with Crippen molar-refractivity contribution in [1.29, 1.82) is 0 Å². The second kappa shape index (κ2) is 31.8. The van der Waals surface area contributed by atoms with Gasteiger partial charge in [-0.3, -0.25) is 4.79 Å². The predicted octanol–water partition coefficient (Wildman–Crippen LogP) is 13.2. The topological polar surface area (TPSA) is 171 Å². The average Bonchev–Trinajstić information content (AvgIpc) is 4.11. The van der Waals surface area contributed by atoms with Crippen LogP contribution in [0, 0.1) is 47.3 Å². The fourth-order valence-electron chi connectivity index (χ4n) is 12.7. The molecule has 0 N–H and O–H groups in total. The summed E-state index contributed by atoms with van der Waals surface area (Å²) in [6, 6.07) is 0. The Balaban J connectivity index is 0.000000261. The van der Waals surface area contributed by atoms with Crippen molar-refractivity contribution < 1.29 is 76.0 Å². The van der Waals surface area contributed by atoms with Crippen LogP contribution in [0.3, 0.4) is 0 Å². The molecule has 18 atom stereocenters. The first-order valence-corrected chi connectivity index (χ1v) is 31.0. The van der Waals surface area contributed by atoms with Gasteiger partial charge in [0.05, 0.1) is 0 Å². The minimum Gasteiger partial charge on any atom is -0.462 e. The number of carbonyl (C=O) groups is 3. The molecule has 0 amide bonds. The molecule has 0 spiro atoms. The second-order valence-corrected chi connectivity index (χ2v) is 26.2. The second-order valence-electron chi connectivity index (χ2n) is 25.7. The standard InChI is InChI=1S/C30H62.C18H25ClO9.C15H22O7/c1-11-17-28(21-23(6)12-2)19-16-18-24(7)20-27(10)30(25(8)13-3)22-26(9)29(14-4)15-5;1-6-11(20)22-7-9(19)15(21)23-8-10-12-13(26-17(2,3)25-12)14-16(24-10)28-18(4,5)27-14;1-6-9(16)17-7-8-10-11(20-14(2,3)19-10)12-13(18-8)22-15(4,5)21-12/h23-30H,11-22H2,1-10H3;6,9-10,12-14,16H,1,7-8H2,2-5H3;6,8,10-13H,1,7H2,2-5H3. The zero-order chi connectivity index (χ0) is 59.9. The van der Waals surface area contributed by atoms with Gasteiger partial charge >= 0.3 is 17.9 Å². The summed E-state index contributed by atoms with van der Waals surface area (Å²) in [5, 5.41) is -1.15. The third-order valence-corrected chi connectivity index (χ3v) is 17.4. The number of ether oxygens (including phenoxy) is 13. The Morgan fingerprint density at radius 2 is 0.975 bits per heavy atom. The van der Waals surface area contributed by atoms with Gasteiger partial charge in [-0.25, -0.2) is 9.59 Å². The quantitative estimate of drug-likeness (QED) is 0.0313. The molecule has 6 aliphatic rings. The number of esters is 3. The predicted molar refractivity (Wildman–Crippen MR) is 308 cm³/mol. The molecule has 6 fully saturated rings. The molecule has 0 aromatic heterocycles. The number of carbonyl (C=O) groups excluding carboxylic acids is 3. The Labute approximate surface area is 487 Å². The number of hydrogen-bond acceptors (Lipinski definition) is 16. The van der Waals surface area contributed by atoms with Crippen LogP contribution in [-0.2, 0) is 76.0 Å². The first-order chi connectivity index (χ1) is 37.4. The van der Waals surface area contributed by atoms with Gasteiger partial charge in [-0.1, -0.05) is 140 Å². The van der Waals surface area contributed by atoms with Crippen LogP contribution < -0.4 is 0 Å². The molecule has 0 aliphatic carbocycles. The summed E-state index contributed by atoms with van der Waals surface area (Å²) in [4.78, 5) is 34.4. The Bertz CT molecular complexity index is 1910. The van der Waals surface area contributed by atoms with Crippen LogP contribution in [0.4, 0.5) is 0 Å². The molecule has 464 valence electrons. The minimum atomic E-state index is -1.15.